The Morgan fingerprint density at radius 3 is 2.62 bits per heavy atom. The Morgan fingerprint density at radius 2 is 2.00 bits per heavy atom. The molecule has 0 unspecified atom stereocenters. The fourth-order valence-corrected chi connectivity index (χ4v) is 1.95. The summed E-state index contributed by atoms with van der Waals surface area (Å²) in [5, 5.41) is 3.98. The van der Waals surface area contributed by atoms with Crippen molar-refractivity contribution in [1.82, 2.24) is 10.1 Å². The van der Waals surface area contributed by atoms with Gasteiger partial charge < -0.3 is 14.2 Å². The van der Waals surface area contributed by atoms with Crippen LogP contribution < -0.4 is 9.64 Å². The predicted molar refractivity (Wildman–Crippen MR) is 82.7 cm³/mol. The largest absolute Gasteiger partial charge is 0.491 e. The number of aromatic nitrogens is 2. The minimum absolute atomic E-state index is 0.169. The van der Waals surface area contributed by atoms with E-state index in [2.05, 4.69) is 16.2 Å². The van der Waals surface area contributed by atoms with Gasteiger partial charge in [-0.2, -0.15) is 4.98 Å². The number of benzene rings is 1. The average Bonchev–Trinajstić information content (AvgIpc) is 2.88. The van der Waals surface area contributed by atoms with Crippen molar-refractivity contribution in [2.45, 2.75) is 46.3 Å². The normalized spacial score (nSPS) is 11.2. The molecule has 0 N–H and O–H groups in total. The van der Waals surface area contributed by atoms with Gasteiger partial charge in [-0.1, -0.05) is 31.1 Å². The summed E-state index contributed by atoms with van der Waals surface area (Å²) in [6, 6.07) is 8.59. The second kappa shape index (κ2) is 6.61. The van der Waals surface area contributed by atoms with Gasteiger partial charge in [0.15, 0.2) is 5.82 Å². The first kappa shape index (κ1) is 15.4. The highest BCUT2D eigenvalue weighted by molar-refractivity contribution is 5.33. The van der Waals surface area contributed by atoms with Gasteiger partial charge in [0.25, 0.3) is 0 Å². The van der Waals surface area contributed by atoms with E-state index in [4.69, 9.17) is 9.26 Å². The molecule has 21 heavy (non-hydrogen) atoms. The minimum Gasteiger partial charge on any atom is -0.491 e. The molecule has 114 valence electrons. The summed E-state index contributed by atoms with van der Waals surface area (Å²) in [6.45, 7) is 8.81. The first-order valence-corrected chi connectivity index (χ1v) is 7.26. The lowest BCUT2D eigenvalue weighted by molar-refractivity contribution is 0.242. The van der Waals surface area contributed by atoms with Crippen molar-refractivity contribution in [3.8, 4) is 5.75 Å². The molecule has 0 atom stereocenters. The molecule has 1 aromatic carbocycles. The van der Waals surface area contributed by atoms with Crippen molar-refractivity contribution < 1.29 is 9.26 Å². The van der Waals surface area contributed by atoms with Gasteiger partial charge in [-0.25, -0.2) is 0 Å². The minimum atomic E-state index is 0.169. The van der Waals surface area contributed by atoms with Crippen molar-refractivity contribution in [2.24, 2.45) is 0 Å². The van der Waals surface area contributed by atoms with Gasteiger partial charge in [-0.05, 0) is 31.5 Å². The Morgan fingerprint density at radius 1 is 1.24 bits per heavy atom. The van der Waals surface area contributed by atoms with E-state index >= 15 is 0 Å². The summed E-state index contributed by atoms with van der Waals surface area (Å²) in [7, 11) is 1.94. The molecule has 0 aliphatic rings. The van der Waals surface area contributed by atoms with E-state index in [-0.39, 0.29) is 12.0 Å². The van der Waals surface area contributed by atoms with Crippen LogP contribution in [0.15, 0.2) is 28.8 Å². The molecular formula is C16H23N3O2. The molecule has 5 nitrogen and oxygen atoms in total. The van der Waals surface area contributed by atoms with Crippen LogP contribution >= 0.6 is 0 Å². The maximum atomic E-state index is 5.71. The number of ether oxygens (including phenoxy) is 1. The molecule has 0 saturated heterocycles. The predicted octanol–water partition coefficient (Wildman–Crippen LogP) is 3.62. The molecular weight excluding hydrogens is 266 g/mol. The standard InChI is InChI=1S/C16H23N3O2/c1-11(2)15-17-16(21-18-15)19(5)10-13-7-6-8-14(9-13)20-12(3)4/h6-9,11-12H,10H2,1-5H3. The Kier molecular flexibility index (Phi) is 4.83. The van der Waals surface area contributed by atoms with Gasteiger partial charge in [0.1, 0.15) is 5.75 Å². The molecule has 0 saturated carbocycles. The van der Waals surface area contributed by atoms with Gasteiger partial charge in [0.05, 0.1) is 6.10 Å². The van der Waals surface area contributed by atoms with E-state index in [1.165, 1.54) is 0 Å². The van der Waals surface area contributed by atoms with Crippen molar-refractivity contribution in [2.75, 3.05) is 11.9 Å². The summed E-state index contributed by atoms with van der Waals surface area (Å²) in [4.78, 5) is 6.33. The first-order valence-electron chi connectivity index (χ1n) is 7.26. The van der Waals surface area contributed by atoms with Crippen LogP contribution in [0, 0.1) is 0 Å². The second-order valence-corrected chi connectivity index (χ2v) is 5.76. The summed E-state index contributed by atoms with van der Waals surface area (Å²) < 4.78 is 11.0. The van der Waals surface area contributed by atoms with E-state index in [0.29, 0.717) is 12.6 Å². The Hall–Kier alpha value is -2.04. The van der Waals surface area contributed by atoms with Crippen LogP contribution in [0.4, 0.5) is 6.01 Å². The molecule has 0 amide bonds. The van der Waals surface area contributed by atoms with Crippen LogP contribution in [0.2, 0.25) is 0 Å². The molecule has 0 bridgehead atoms. The third-order valence-corrected chi connectivity index (χ3v) is 2.96. The monoisotopic (exact) mass is 289 g/mol. The average molecular weight is 289 g/mol. The molecule has 2 rings (SSSR count). The van der Waals surface area contributed by atoms with E-state index in [1.807, 2.05) is 57.8 Å². The Balaban J connectivity index is 2.06. The molecule has 2 aromatic rings. The third kappa shape index (κ3) is 4.21. The molecule has 0 radical (unpaired) electrons. The van der Waals surface area contributed by atoms with Crippen LogP contribution in [0.5, 0.6) is 5.75 Å². The summed E-state index contributed by atoms with van der Waals surface area (Å²) >= 11 is 0. The van der Waals surface area contributed by atoms with Crippen LogP contribution in [-0.2, 0) is 6.54 Å². The van der Waals surface area contributed by atoms with Gasteiger partial charge in [-0.15, -0.1) is 0 Å². The highest BCUT2D eigenvalue weighted by Crippen LogP contribution is 2.20. The molecule has 1 heterocycles. The van der Waals surface area contributed by atoms with Crippen LogP contribution in [0.25, 0.3) is 0 Å². The SMILES string of the molecule is CC(C)Oc1cccc(CN(C)c2nc(C(C)C)no2)c1. The number of nitrogens with zero attached hydrogens (tertiary/aromatic N) is 3. The van der Waals surface area contributed by atoms with Crippen LogP contribution in [-0.4, -0.2) is 23.3 Å². The fraction of sp³-hybridized carbons (Fsp3) is 0.500. The van der Waals surface area contributed by atoms with Gasteiger partial charge >= 0.3 is 6.01 Å². The lowest BCUT2D eigenvalue weighted by Crippen LogP contribution is -2.17. The maximum Gasteiger partial charge on any atom is 0.324 e. The summed E-state index contributed by atoms with van der Waals surface area (Å²) in [5.74, 6) is 1.87. The van der Waals surface area contributed by atoms with Crippen LogP contribution in [0.3, 0.4) is 0 Å². The quantitative estimate of drug-likeness (QED) is 0.813. The molecule has 0 fully saturated rings. The molecule has 0 aliphatic carbocycles. The fourth-order valence-electron chi connectivity index (χ4n) is 1.95. The third-order valence-electron chi connectivity index (χ3n) is 2.96. The summed E-state index contributed by atoms with van der Waals surface area (Å²) in [5.41, 5.74) is 1.14. The highest BCUT2D eigenvalue weighted by Gasteiger charge is 2.13. The van der Waals surface area contributed by atoms with Gasteiger partial charge in [-0.3, -0.25) is 0 Å². The molecule has 0 aliphatic heterocycles. The molecule has 1 aromatic heterocycles. The number of rotatable bonds is 6. The van der Waals surface area contributed by atoms with E-state index in [0.717, 1.165) is 17.1 Å². The topological polar surface area (TPSA) is 51.4 Å². The van der Waals surface area contributed by atoms with Crippen LogP contribution in [0.1, 0.15) is 45.0 Å². The van der Waals surface area contributed by atoms with E-state index in [9.17, 15) is 0 Å². The van der Waals surface area contributed by atoms with E-state index < -0.39 is 0 Å². The van der Waals surface area contributed by atoms with Crippen molar-refractivity contribution >= 4 is 6.01 Å². The summed E-state index contributed by atoms with van der Waals surface area (Å²) in [6.07, 6.45) is 0.169. The molecule has 0 spiro atoms. The Labute approximate surface area is 125 Å². The van der Waals surface area contributed by atoms with Crippen molar-refractivity contribution in [3.05, 3.63) is 35.7 Å². The number of anilines is 1. The lowest BCUT2D eigenvalue weighted by atomic mass is 10.2. The molecule has 5 heteroatoms. The Bertz CT molecular complexity index is 578. The van der Waals surface area contributed by atoms with Gasteiger partial charge in [0, 0.05) is 19.5 Å². The first-order chi connectivity index (χ1) is 9.95. The maximum absolute atomic E-state index is 5.71. The lowest BCUT2D eigenvalue weighted by Gasteiger charge is -2.15. The second-order valence-electron chi connectivity index (χ2n) is 5.76. The van der Waals surface area contributed by atoms with Crippen molar-refractivity contribution in [1.29, 1.82) is 0 Å². The zero-order valence-electron chi connectivity index (χ0n) is 13.3. The zero-order chi connectivity index (χ0) is 15.4. The zero-order valence-corrected chi connectivity index (χ0v) is 13.3. The van der Waals surface area contributed by atoms with Gasteiger partial charge in [0.2, 0.25) is 0 Å². The number of hydrogen-bond donors (Lipinski definition) is 0. The van der Waals surface area contributed by atoms with E-state index in [1.54, 1.807) is 0 Å². The highest BCUT2D eigenvalue weighted by atomic mass is 16.5. The smallest absolute Gasteiger partial charge is 0.324 e. The van der Waals surface area contributed by atoms with Crippen molar-refractivity contribution in [3.63, 3.8) is 0 Å². The number of hydrogen-bond acceptors (Lipinski definition) is 5.